The molecule has 0 bridgehead atoms. The zero-order valence-electron chi connectivity index (χ0n) is 15.6. The van der Waals surface area contributed by atoms with Crippen LogP contribution in [0, 0.1) is 11.3 Å². The lowest BCUT2D eigenvalue weighted by Gasteiger charge is -2.27. The Morgan fingerprint density at radius 2 is 1.57 bits per heavy atom. The van der Waals surface area contributed by atoms with Gasteiger partial charge < -0.3 is 5.11 Å². The topological polar surface area (TPSA) is 56.9 Å². The maximum Gasteiger partial charge on any atom is 0.116 e. The highest BCUT2D eigenvalue weighted by atomic mass is 32.2. The van der Waals surface area contributed by atoms with Crippen LogP contribution in [0.25, 0.3) is 22.4 Å². The standard InChI is InChI=1S/C24H22N2OS/c25-16-20-19(17-9-3-1-4-10-17)15-21(18-11-5-2-6-12-18)26-24(20)28-23-14-8-7-13-22(23)27/h1-6,9-12,15,22-23,27H,7-8,13-14H2/t22-,23+/m1/s1. The fourth-order valence-electron chi connectivity index (χ4n) is 3.68. The van der Waals surface area contributed by atoms with Gasteiger partial charge in [-0.1, -0.05) is 85.3 Å². The molecule has 1 aliphatic carbocycles. The van der Waals surface area contributed by atoms with E-state index in [9.17, 15) is 10.4 Å². The summed E-state index contributed by atoms with van der Waals surface area (Å²) in [5, 5.41) is 21.2. The molecule has 2 atom stereocenters. The van der Waals surface area contributed by atoms with Crippen LogP contribution in [0.1, 0.15) is 31.2 Å². The van der Waals surface area contributed by atoms with Crippen LogP contribution in [-0.2, 0) is 0 Å². The minimum Gasteiger partial charge on any atom is -0.392 e. The molecule has 1 fully saturated rings. The van der Waals surface area contributed by atoms with E-state index in [4.69, 9.17) is 4.98 Å². The number of aliphatic hydroxyl groups is 1. The summed E-state index contributed by atoms with van der Waals surface area (Å²) in [4.78, 5) is 4.86. The zero-order chi connectivity index (χ0) is 19.3. The molecule has 4 rings (SSSR count). The Balaban J connectivity index is 1.84. The van der Waals surface area contributed by atoms with Crippen LogP contribution in [-0.4, -0.2) is 21.4 Å². The van der Waals surface area contributed by atoms with Gasteiger partial charge in [0.05, 0.1) is 17.4 Å². The van der Waals surface area contributed by atoms with Crippen molar-refractivity contribution in [3.8, 4) is 28.5 Å². The number of nitrogens with zero attached hydrogens (tertiary/aromatic N) is 2. The fourth-order valence-corrected chi connectivity index (χ4v) is 4.96. The number of hydrogen-bond donors (Lipinski definition) is 1. The largest absolute Gasteiger partial charge is 0.392 e. The van der Waals surface area contributed by atoms with Crippen molar-refractivity contribution in [3.05, 3.63) is 72.3 Å². The SMILES string of the molecule is N#Cc1c(-c2ccccc2)cc(-c2ccccc2)nc1S[C@H]1CCCC[C@H]1O. The zero-order valence-corrected chi connectivity index (χ0v) is 16.4. The summed E-state index contributed by atoms with van der Waals surface area (Å²) in [6, 6.07) is 24.4. The van der Waals surface area contributed by atoms with Crippen LogP contribution < -0.4 is 0 Å². The van der Waals surface area contributed by atoms with Crippen LogP contribution in [0.15, 0.2) is 71.8 Å². The first-order chi connectivity index (χ1) is 13.8. The third-order valence-electron chi connectivity index (χ3n) is 5.18. The molecule has 1 N–H and O–H groups in total. The molecule has 0 saturated heterocycles. The molecule has 0 radical (unpaired) electrons. The minimum atomic E-state index is -0.340. The van der Waals surface area contributed by atoms with E-state index in [1.54, 1.807) is 11.8 Å². The number of aliphatic hydroxyl groups excluding tert-OH is 1. The number of thioether (sulfide) groups is 1. The van der Waals surface area contributed by atoms with Crippen LogP contribution in [0.5, 0.6) is 0 Å². The molecule has 140 valence electrons. The van der Waals surface area contributed by atoms with Gasteiger partial charge in [0.1, 0.15) is 11.1 Å². The van der Waals surface area contributed by atoms with E-state index in [1.807, 2.05) is 66.7 Å². The van der Waals surface area contributed by atoms with E-state index in [1.165, 1.54) is 0 Å². The van der Waals surface area contributed by atoms with Crippen molar-refractivity contribution in [3.63, 3.8) is 0 Å². The Morgan fingerprint density at radius 1 is 0.929 bits per heavy atom. The highest BCUT2D eigenvalue weighted by Crippen LogP contribution is 2.39. The fraction of sp³-hybridized carbons (Fsp3) is 0.250. The molecule has 1 heterocycles. The second-order valence-corrected chi connectivity index (χ2v) is 8.32. The first kappa shape index (κ1) is 18.7. The number of pyridine rings is 1. The van der Waals surface area contributed by atoms with Crippen molar-refractivity contribution in [1.82, 2.24) is 4.98 Å². The van der Waals surface area contributed by atoms with Gasteiger partial charge in [-0.05, 0) is 24.5 Å². The number of rotatable bonds is 4. The summed E-state index contributed by atoms with van der Waals surface area (Å²) in [5.74, 6) is 0. The maximum absolute atomic E-state index is 10.4. The van der Waals surface area contributed by atoms with Gasteiger partial charge in [0.25, 0.3) is 0 Å². The van der Waals surface area contributed by atoms with Crippen LogP contribution in [0.3, 0.4) is 0 Å². The average Bonchev–Trinajstić information content (AvgIpc) is 2.76. The van der Waals surface area contributed by atoms with E-state index in [2.05, 4.69) is 6.07 Å². The van der Waals surface area contributed by atoms with E-state index >= 15 is 0 Å². The second kappa shape index (κ2) is 8.60. The van der Waals surface area contributed by atoms with Gasteiger partial charge in [-0.25, -0.2) is 4.98 Å². The van der Waals surface area contributed by atoms with Crippen LogP contribution in [0.4, 0.5) is 0 Å². The molecular weight excluding hydrogens is 364 g/mol. The normalized spacial score (nSPS) is 19.1. The monoisotopic (exact) mass is 386 g/mol. The maximum atomic E-state index is 10.4. The average molecular weight is 387 g/mol. The molecule has 3 nitrogen and oxygen atoms in total. The van der Waals surface area contributed by atoms with E-state index < -0.39 is 0 Å². The molecule has 4 heteroatoms. The number of benzene rings is 2. The predicted molar refractivity (Wildman–Crippen MR) is 114 cm³/mol. The predicted octanol–water partition coefficient (Wildman–Crippen LogP) is 5.68. The van der Waals surface area contributed by atoms with Gasteiger partial charge in [-0.3, -0.25) is 0 Å². The third-order valence-corrected chi connectivity index (χ3v) is 6.55. The summed E-state index contributed by atoms with van der Waals surface area (Å²) in [5.41, 5.74) is 4.37. The second-order valence-electron chi connectivity index (χ2n) is 7.09. The Labute approximate surface area is 170 Å². The number of aromatic nitrogens is 1. The molecule has 3 aromatic rings. The minimum absolute atomic E-state index is 0.0861. The molecule has 28 heavy (non-hydrogen) atoms. The lowest BCUT2D eigenvalue weighted by atomic mass is 9.97. The van der Waals surface area contributed by atoms with Crippen molar-refractivity contribution in [2.45, 2.75) is 42.1 Å². The third kappa shape index (κ3) is 3.96. The quantitative estimate of drug-likeness (QED) is 0.626. The molecule has 0 amide bonds. The molecule has 1 aromatic heterocycles. The molecule has 0 aliphatic heterocycles. The van der Waals surface area contributed by atoms with Crippen LogP contribution >= 0.6 is 11.8 Å². The Kier molecular flexibility index (Phi) is 5.76. The summed E-state index contributed by atoms with van der Waals surface area (Å²) in [7, 11) is 0. The van der Waals surface area contributed by atoms with Crippen molar-refractivity contribution >= 4 is 11.8 Å². The van der Waals surface area contributed by atoms with Gasteiger partial charge >= 0.3 is 0 Å². The summed E-state index contributed by atoms with van der Waals surface area (Å²) in [6.07, 6.45) is 3.61. The molecule has 1 saturated carbocycles. The lowest BCUT2D eigenvalue weighted by Crippen LogP contribution is -2.27. The summed E-state index contributed by atoms with van der Waals surface area (Å²) < 4.78 is 0. The van der Waals surface area contributed by atoms with Gasteiger partial charge in [0.2, 0.25) is 0 Å². The van der Waals surface area contributed by atoms with Crippen molar-refractivity contribution in [2.24, 2.45) is 0 Å². The molecule has 0 spiro atoms. The summed E-state index contributed by atoms with van der Waals surface area (Å²) in [6.45, 7) is 0. The Bertz CT molecular complexity index is 983. The van der Waals surface area contributed by atoms with Gasteiger partial charge in [0, 0.05) is 16.4 Å². The number of hydrogen-bond acceptors (Lipinski definition) is 4. The molecular formula is C24H22N2OS. The lowest BCUT2D eigenvalue weighted by molar-refractivity contribution is 0.137. The molecule has 1 aliphatic rings. The van der Waals surface area contributed by atoms with E-state index in [0.717, 1.165) is 48.1 Å². The van der Waals surface area contributed by atoms with Crippen LogP contribution in [0.2, 0.25) is 0 Å². The highest BCUT2D eigenvalue weighted by Gasteiger charge is 2.26. The van der Waals surface area contributed by atoms with E-state index in [-0.39, 0.29) is 11.4 Å². The van der Waals surface area contributed by atoms with Crippen molar-refractivity contribution < 1.29 is 5.11 Å². The Morgan fingerprint density at radius 3 is 2.21 bits per heavy atom. The summed E-state index contributed by atoms with van der Waals surface area (Å²) >= 11 is 1.56. The molecule has 0 unspecified atom stereocenters. The molecule has 2 aromatic carbocycles. The van der Waals surface area contributed by atoms with Gasteiger partial charge in [-0.2, -0.15) is 5.26 Å². The van der Waals surface area contributed by atoms with Crippen molar-refractivity contribution in [2.75, 3.05) is 0 Å². The van der Waals surface area contributed by atoms with Gasteiger partial charge in [-0.15, -0.1) is 0 Å². The van der Waals surface area contributed by atoms with Crippen molar-refractivity contribution in [1.29, 1.82) is 5.26 Å². The smallest absolute Gasteiger partial charge is 0.116 e. The van der Waals surface area contributed by atoms with E-state index in [0.29, 0.717) is 10.6 Å². The highest BCUT2D eigenvalue weighted by molar-refractivity contribution is 8.00. The first-order valence-corrected chi connectivity index (χ1v) is 10.5. The first-order valence-electron chi connectivity index (χ1n) is 9.67. The Hall–Kier alpha value is -2.61. The van der Waals surface area contributed by atoms with Gasteiger partial charge in [0.15, 0.2) is 0 Å². The number of nitriles is 1.